The molecular formula is C17H19BrN2O2S. The molecule has 0 fully saturated rings. The number of benzene rings is 2. The third kappa shape index (κ3) is 6.08. The number of halogens is 1. The Labute approximate surface area is 150 Å². The van der Waals surface area contributed by atoms with E-state index in [0.29, 0.717) is 11.7 Å². The largest absolute Gasteiger partial charge is 0.497 e. The Balaban J connectivity index is 1.75. The molecule has 0 aromatic heterocycles. The van der Waals surface area contributed by atoms with Crippen molar-refractivity contribution in [1.82, 2.24) is 5.32 Å². The molecule has 0 aliphatic heterocycles. The van der Waals surface area contributed by atoms with Crippen LogP contribution in [0.3, 0.4) is 0 Å². The fraction of sp³-hybridized carbons (Fsp3) is 0.235. The summed E-state index contributed by atoms with van der Waals surface area (Å²) in [5.41, 5.74) is 0.939. The number of hydrogen-bond donors (Lipinski definition) is 2. The van der Waals surface area contributed by atoms with Crippen LogP contribution in [0.5, 0.6) is 11.5 Å². The Kier molecular flexibility index (Phi) is 6.67. The van der Waals surface area contributed by atoms with Gasteiger partial charge in [-0.1, -0.05) is 15.9 Å². The maximum absolute atomic E-state index is 5.72. The molecule has 0 bridgehead atoms. The summed E-state index contributed by atoms with van der Waals surface area (Å²) in [6.45, 7) is 2.52. The molecule has 122 valence electrons. The fourth-order valence-corrected chi connectivity index (χ4v) is 2.44. The van der Waals surface area contributed by atoms with Crippen molar-refractivity contribution in [1.29, 1.82) is 0 Å². The monoisotopic (exact) mass is 394 g/mol. The lowest BCUT2D eigenvalue weighted by molar-refractivity contribution is 0.286. The lowest BCUT2D eigenvalue weighted by Gasteiger charge is -2.17. The van der Waals surface area contributed by atoms with Crippen molar-refractivity contribution in [2.24, 2.45) is 0 Å². The summed E-state index contributed by atoms with van der Waals surface area (Å²) in [6, 6.07) is 15.4. The molecule has 0 aliphatic carbocycles. The SMILES string of the molecule is COc1ccc(OC[C@@H](C)NC(=S)Nc2ccc(Br)cc2)cc1. The van der Waals surface area contributed by atoms with Gasteiger partial charge in [-0.15, -0.1) is 0 Å². The Morgan fingerprint density at radius 1 is 1.09 bits per heavy atom. The van der Waals surface area contributed by atoms with Gasteiger partial charge in [-0.3, -0.25) is 0 Å². The Morgan fingerprint density at radius 2 is 1.70 bits per heavy atom. The van der Waals surface area contributed by atoms with Gasteiger partial charge in [0.05, 0.1) is 13.2 Å². The smallest absolute Gasteiger partial charge is 0.171 e. The van der Waals surface area contributed by atoms with E-state index in [1.165, 1.54) is 0 Å². The second kappa shape index (κ2) is 8.74. The van der Waals surface area contributed by atoms with E-state index in [-0.39, 0.29) is 6.04 Å². The first kappa shape index (κ1) is 17.6. The highest BCUT2D eigenvalue weighted by Gasteiger charge is 2.06. The Hall–Kier alpha value is -1.79. The van der Waals surface area contributed by atoms with Crippen LogP contribution in [0.15, 0.2) is 53.0 Å². The van der Waals surface area contributed by atoms with Gasteiger partial charge in [-0.25, -0.2) is 0 Å². The average Bonchev–Trinajstić information content (AvgIpc) is 2.55. The maximum atomic E-state index is 5.72. The quantitative estimate of drug-likeness (QED) is 0.718. The summed E-state index contributed by atoms with van der Waals surface area (Å²) in [5, 5.41) is 6.90. The van der Waals surface area contributed by atoms with Crippen molar-refractivity contribution >= 4 is 38.9 Å². The fourth-order valence-electron chi connectivity index (χ4n) is 1.86. The van der Waals surface area contributed by atoms with Gasteiger partial charge in [0.2, 0.25) is 0 Å². The number of hydrogen-bond acceptors (Lipinski definition) is 3. The van der Waals surface area contributed by atoms with Gasteiger partial charge in [0.15, 0.2) is 5.11 Å². The van der Waals surface area contributed by atoms with Crippen LogP contribution in [0.4, 0.5) is 5.69 Å². The number of rotatable bonds is 6. The minimum absolute atomic E-state index is 0.0764. The molecule has 6 heteroatoms. The summed E-state index contributed by atoms with van der Waals surface area (Å²) < 4.78 is 11.9. The summed E-state index contributed by atoms with van der Waals surface area (Å²) in [7, 11) is 1.64. The zero-order chi connectivity index (χ0) is 16.7. The van der Waals surface area contributed by atoms with Crippen LogP contribution in [0.1, 0.15) is 6.92 Å². The first-order chi connectivity index (χ1) is 11.1. The zero-order valence-electron chi connectivity index (χ0n) is 13.0. The van der Waals surface area contributed by atoms with E-state index < -0.39 is 0 Å². The van der Waals surface area contributed by atoms with E-state index in [1.807, 2.05) is 55.5 Å². The molecule has 2 N–H and O–H groups in total. The van der Waals surface area contributed by atoms with Gasteiger partial charge in [0.1, 0.15) is 18.1 Å². The first-order valence-electron chi connectivity index (χ1n) is 7.17. The molecule has 0 amide bonds. The van der Waals surface area contributed by atoms with E-state index in [2.05, 4.69) is 26.6 Å². The predicted octanol–water partition coefficient (Wildman–Crippen LogP) is 4.21. The zero-order valence-corrected chi connectivity index (χ0v) is 15.4. The molecule has 2 rings (SSSR count). The number of thiocarbonyl (C=S) groups is 1. The molecule has 0 saturated heterocycles. The number of methoxy groups -OCH3 is 1. The van der Waals surface area contributed by atoms with Crippen LogP contribution < -0.4 is 20.1 Å². The van der Waals surface area contributed by atoms with Gasteiger partial charge in [-0.2, -0.15) is 0 Å². The van der Waals surface area contributed by atoms with Gasteiger partial charge in [0.25, 0.3) is 0 Å². The third-order valence-electron chi connectivity index (χ3n) is 3.04. The highest BCUT2D eigenvalue weighted by molar-refractivity contribution is 9.10. The average molecular weight is 395 g/mol. The molecule has 2 aromatic rings. The molecule has 0 saturated carbocycles. The topological polar surface area (TPSA) is 42.5 Å². The first-order valence-corrected chi connectivity index (χ1v) is 8.37. The van der Waals surface area contributed by atoms with Gasteiger partial charge >= 0.3 is 0 Å². The highest BCUT2D eigenvalue weighted by atomic mass is 79.9. The van der Waals surface area contributed by atoms with Crippen LogP contribution >= 0.6 is 28.1 Å². The Bertz CT molecular complexity index is 632. The van der Waals surface area contributed by atoms with E-state index in [9.17, 15) is 0 Å². The molecule has 1 atom stereocenters. The van der Waals surface area contributed by atoms with Crippen molar-refractivity contribution in [3.63, 3.8) is 0 Å². The minimum Gasteiger partial charge on any atom is -0.497 e. The van der Waals surface area contributed by atoms with Crippen LogP contribution in [0.25, 0.3) is 0 Å². The van der Waals surface area contributed by atoms with Crippen LogP contribution in [-0.4, -0.2) is 24.9 Å². The van der Waals surface area contributed by atoms with Crippen LogP contribution in [-0.2, 0) is 0 Å². The molecule has 0 aliphatic rings. The maximum Gasteiger partial charge on any atom is 0.171 e. The summed E-state index contributed by atoms with van der Waals surface area (Å²) >= 11 is 8.71. The van der Waals surface area contributed by atoms with Crippen LogP contribution in [0, 0.1) is 0 Å². The molecular weight excluding hydrogens is 376 g/mol. The Morgan fingerprint density at radius 3 is 2.30 bits per heavy atom. The standard InChI is InChI=1S/C17H19BrN2O2S/c1-12(11-22-16-9-7-15(21-2)8-10-16)19-17(23)20-14-5-3-13(18)4-6-14/h3-10,12H,11H2,1-2H3,(H2,19,20,23)/t12-/m1/s1. The molecule has 0 unspecified atom stereocenters. The lowest BCUT2D eigenvalue weighted by atomic mass is 10.3. The van der Waals surface area contributed by atoms with Crippen LogP contribution in [0.2, 0.25) is 0 Å². The number of nitrogens with one attached hydrogen (secondary N) is 2. The van der Waals surface area contributed by atoms with Crippen molar-refractivity contribution in [2.45, 2.75) is 13.0 Å². The lowest BCUT2D eigenvalue weighted by Crippen LogP contribution is -2.39. The summed E-state index contributed by atoms with van der Waals surface area (Å²) in [6.07, 6.45) is 0. The second-order valence-electron chi connectivity index (χ2n) is 4.99. The molecule has 0 radical (unpaired) electrons. The number of anilines is 1. The molecule has 4 nitrogen and oxygen atoms in total. The van der Waals surface area contributed by atoms with E-state index >= 15 is 0 Å². The van der Waals surface area contributed by atoms with E-state index in [1.54, 1.807) is 7.11 Å². The second-order valence-corrected chi connectivity index (χ2v) is 6.32. The molecule has 2 aromatic carbocycles. The van der Waals surface area contributed by atoms with E-state index in [4.69, 9.17) is 21.7 Å². The summed E-state index contributed by atoms with van der Waals surface area (Å²) in [5.74, 6) is 1.61. The van der Waals surface area contributed by atoms with Gasteiger partial charge < -0.3 is 20.1 Å². The minimum atomic E-state index is 0.0764. The molecule has 0 spiro atoms. The predicted molar refractivity (Wildman–Crippen MR) is 101 cm³/mol. The van der Waals surface area contributed by atoms with Crippen molar-refractivity contribution in [3.8, 4) is 11.5 Å². The van der Waals surface area contributed by atoms with Gasteiger partial charge in [-0.05, 0) is 67.7 Å². The molecule has 23 heavy (non-hydrogen) atoms. The van der Waals surface area contributed by atoms with Gasteiger partial charge in [0, 0.05) is 10.2 Å². The molecule has 0 heterocycles. The van der Waals surface area contributed by atoms with Crippen molar-refractivity contribution in [2.75, 3.05) is 19.0 Å². The highest BCUT2D eigenvalue weighted by Crippen LogP contribution is 2.17. The van der Waals surface area contributed by atoms with Crippen molar-refractivity contribution < 1.29 is 9.47 Å². The van der Waals surface area contributed by atoms with Crippen molar-refractivity contribution in [3.05, 3.63) is 53.0 Å². The number of ether oxygens (including phenoxy) is 2. The summed E-state index contributed by atoms with van der Waals surface area (Å²) in [4.78, 5) is 0. The normalized spacial score (nSPS) is 11.4. The third-order valence-corrected chi connectivity index (χ3v) is 3.79. The van der Waals surface area contributed by atoms with E-state index in [0.717, 1.165) is 21.7 Å².